The highest BCUT2D eigenvalue weighted by Gasteiger charge is 2.37. The summed E-state index contributed by atoms with van der Waals surface area (Å²) in [7, 11) is 0. The number of aromatic amines is 1. The first kappa shape index (κ1) is 20.8. The van der Waals surface area contributed by atoms with Crippen LogP contribution in [0.15, 0.2) is 10.9 Å². The number of nitrogens with one attached hydrogen (secondary N) is 2. The third kappa shape index (κ3) is 3.56. The van der Waals surface area contributed by atoms with E-state index in [0.717, 1.165) is 31.6 Å². The van der Waals surface area contributed by atoms with Gasteiger partial charge in [0.2, 0.25) is 0 Å². The highest BCUT2D eigenvalue weighted by molar-refractivity contribution is 6.01. The van der Waals surface area contributed by atoms with Gasteiger partial charge in [-0.05, 0) is 46.7 Å². The molecule has 9 heteroatoms. The van der Waals surface area contributed by atoms with Crippen LogP contribution in [-0.2, 0) is 4.74 Å². The first-order valence-corrected chi connectivity index (χ1v) is 9.61. The lowest BCUT2D eigenvalue weighted by molar-refractivity contribution is -0.0370. The largest absolute Gasteiger partial charge is 0.377 e. The van der Waals surface area contributed by atoms with Gasteiger partial charge in [-0.1, -0.05) is 0 Å². The Morgan fingerprint density at radius 2 is 2.04 bits per heavy atom. The molecule has 0 atom stereocenters. The molecule has 0 saturated carbocycles. The minimum Gasteiger partial charge on any atom is -0.377 e. The highest BCUT2D eigenvalue weighted by Crippen LogP contribution is 2.28. The number of H-pyrrole nitrogens is 1. The molecule has 4 heterocycles. The fraction of sp³-hybridized carbons (Fsp3) is 0.632. The number of halogens is 1. The summed E-state index contributed by atoms with van der Waals surface area (Å²) in [5, 5.41) is 7.99. The molecule has 2 fully saturated rings. The number of ether oxygens (including phenoxy) is 1. The number of amides is 1. The summed E-state index contributed by atoms with van der Waals surface area (Å²) in [6.45, 7) is 9.21. The quantitative estimate of drug-likeness (QED) is 0.783. The highest BCUT2D eigenvalue weighted by atomic mass is 35.5. The number of piperidine rings is 1. The lowest BCUT2D eigenvalue weighted by atomic mass is 9.94. The van der Waals surface area contributed by atoms with Crippen LogP contribution in [0.4, 0.5) is 0 Å². The van der Waals surface area contributed by atoms with Gasteiger partial charge in [-0.15, -0.1) is 12.4 Å². The van der Waals surface area contributed by atoms with Crippen molar-refractivity contribution in [1.82, 2.24) is 24.8 Å². The Labute approximate surface area is 170 Å². The molecule has 0 radical (unpaired) electrons. The number of fused-ring (bicyclic) bond motifs is 1. The molecular formula is C19H28ClN5O3. The fourth-order valence-corrected chi connectivity index (χ4v) is 4.21. The molecule has 1 amide bonds. The van der Waals surface area contributed by atoms with Gasteiger partial charge in [0.25, 0.3) is 11.5 Å². The van der Waals surface area contributed by atoms with Crippen molar-refractivity contribution in [3.8, 4) is 0 Å². The molecule has 0 aliphatic carbocycles. The monoisotopic (exact) mass is 409 g/mol. The Balaban J connectivity index is 0.00000225. The average molecular weight is 410 g/mol. The second-order valence-electron chi connectivity index (χ2n) is 8.13. The summed E-state index contributed by atoms with van der Waals surface area (Å²) >= 11 is 0. The van der Waals surface area contributed by atoms with E-state index in [1.165, 1.54) is 0 Å². The summed E-state index contributed by atoms with van der Waals surface area (Å²) < 4.78 is 7.31. The molecule has 154 valence electrons. The maximum Gasteiger partial charge on any atom is 0.260 e. The van der Waals surface area contributed by atoms with Crippen molar-refractivity contribution >= 4 is 24.0 Å². The number of carbonyl (C=O) groups is 1. The fourth-order valence-electron chi connectivity index (χ4n) is 4.21. The molecule has 28 heavy (non-hydrogen) atoms. The zero-order valence-corrected chi connectivity index (χ0v) is 17.4. The first-order chi connectivity index (χ1) is 12.9. The summed E-state index contributed by atoms with van der Waals surface area (Å²) in [6, 6.07) is 1.63. The van der Waals surface area contributed by atoms with Crippen molar-refractivity contribution in [2.45, 2.75) is 45.1 Å². The van der Waals surface area contributed by atoms with E-state index in [0.29, 0.717) is 36.7 Å². The normalized spacial score (nSPS) is 20.2. The van der Waals surface area contributed by atoms with Gasteiger partial charge in [0.1, 0.15) is 11.2 Å². The Morgan fingerprint density at radius 1 is 1.32 bits per heavy atom. The lowest BCUT2D eigenvalue weighted by Gasteiger charge is -2.42. The Bertz CT molecular complexity index is 930. The first-order valence-electron chi connectivity index (χ1n) is 9.61. The Kier molecular flexibility index (Phi) is 5.84. The number of morpholine rings is 1. The molecule has 0 spiro atoms. The predicted octanol–water partition coefficient (Wildman–Crippen LogP) is 1.47. The number of aromatic nitrogens is 3. The van der Waals surface area contributed by atoms with Crippen LogP contribution in [0.25, 0.3) is 5.65 Å². The zero-order chi connectivity index (χ0) is 19.2. The molecule has 2 aromatic rings. The van der Waals surface area contributed by atoms with Crippen LogP contribution < -0.4 is 10.9 Å². The standard InChI is InChI=1S/C19H27N5O3.ClH/c1-12-16(18(26)23-8-9-27-11-19(23,2)3)17-21-15(25)10-14(24(17)22-12)13-4-6-20-7-5-13;/h10,13,20H,4-9,11H2,1-3H3,(H,21,25);1H. The third-order valence-electron chi connectivity index (χ3n) is 5.69. The molecular weight excluding hydrogens is 382 g/mol. The van der Waals surface area contributed by atoms with E-state index < -0.39 is 5.54 Å². The van der Waals surface area contributed by atoms with Gasteiger partial charge in [0.05, 0.1) is 30.1 Å². The maximum atomic E-state index is 13.4. The van der Waals surface area contributed by atoms with Gasteiger partial charge in [-0.25, -0.2) is 4.52 Å². The maximum absolute atomic E-state index is 13.4. The van der Waals surface area contributed by atoms with E-state index in [-0.39, 0.29) is 29.8 Å². The number of carbonyl (C=O) groups excluding carboxylic acids is 1. The van der Waals surface area contributed by atoms with Crippen LogP contribution in [0.2, 0.25) is 0 Å². The molecule has 2 saturated heterocycles. The minimum absolute atomic E-state index is 0. The summed E-state index contributed by atoms with van der Waals surface area (Å²) in [4.78, 5) is 30.5. The van der Waals surface area contributed by atoms with Crippen LogP contribution in [-0.4, -0.2) is 63.8 Å². The molecule has 2 N–H and O–H groups in total. The van der Waals surface area contributed by atoms with Crippen LogP contribution in [0, 0.1) is 6.92 Å². The van der Waals surface area contributed by atoms with E-state index in [1.54, 1.807) is 10.6 Å². The average Bonchev–Trinajstić information content (AvgIpc) is 2.96. The number of rotatable bonds is 2. The zero-order valence-electron chi connectivity index (χ0n) is 16.6. The molecule has 2 aromatic heterocycles. The summed E-state index contributed by atoms with van der Waals surface area (Å²) in [5.41, 5.74) is 1.92. The minimum atomic E-state index is -0.400. The van der Waals surface area contributed by atoms with Crippen molar-refractivity contribution in [2.24, 2.45) is 0 Å². The number of hydrogen-bond donors (Lipinski definition) is 2. The number of hydrogen-bond acceptors (Lipinski definition) is 5. The molecule has 0 bridgehead atoms. The molecule has 0 unspecified atom stereocenters. The van der Waals surface area contributed by atoms with Crippen molar-refractivity contribution in [3.05, 3.63) is 33.4 Å². The SMILES string of the molecule is Cc1nn2c(C3CCNCC3)cc(=O)[nH]c2c1C(=O)N1CCOCC1(C)C.Cl. The molecule has 8 nitrogen and oxygen atoms in total. The van der Waals surface area contributed by atoms with Crippen molar-refractivity contribution in [1.29, 1.82) is 0 Å². The third-order valence-corrected chi connectivity index (χ3v) is 5.69. The van der Waals surface area contributed by atoms with Gasteiger partial charge in [0.15, 0.2) is 0 Å². The van der Waals surface area contributed by atoms with Crippen LogP contribution >= 0.6 is 12.4 Å². The van der Waals surface area contributed by atoms with Gasteiger partial charge in [-0.2, -0.15) is 5.10 Å². The summed E-state index contributed by atoms with van der Waals surface area (Å²) in [5.74, 6) is 0.159. The molecule has 4 rings (SSSR count). The van der Waals surface area contributed by atoms with Gasteiger partial charge < -0.3 is 19.9 Å². The van der Waals surface area contributed by atoms with Crippen LogP contribution in [0.3, 0.4) is 0 Å². The van der Waals surface area contributed by atoms with E-state index >= 15 is 0 Å². The van der Waals surface area contributed by atoms with E-state index in [2.05, 4.69) is 15.4 Å². The van der Waals surface area contributed by atoms with Crippen molar-refractivity contribution in [3.63, 3.8) is 0 Å². The van der Waals surface area contributed by atoms with Gasteiger partial charge in [-0.3, -0.25) is 9.59 Å². The Morgan fingerprint density at radius 3 is 2.71 bits per heavy atom. The Hall–Kier alpha value is -1.90. The number of aryl methyl sites for hydroxylation is 1. The smallest absolute Gasteiger partial charge is 0.260 e. The van der Waals surface area contributed by atoms with Crippen molar-refractivity contribution < 1.29 is 9.53 Å². The summed E-state index contributed by atoms with van der Waals surface area (Å²) in [6.07, 6.45) is 1.91. The molecule has 2 aliphatic rings. The van der Waals surface area contributed by atoms with Crippen LogP contribution in [0.5, 0.6) is 0 Å². The lowest BCUT2D eigenvalue weighted by Crippen LogP contribution is -2.55. The van der Waals surface area contributed by atoms with E-state index in [9.17, 15) is 9.59 Å². The molecule has 0 aromatic carbocycles. The topological polar surface area (TPSA) is 91.7 Å². The second kappa shape index (κ2) is 7.85. The predicted molar refractivity (Wildman–Crippen MR) is 109 cm³/mol. The van der Waals surface area contributed by atoms with Gasteiger partial charge in [0, 0.05) is 18.5 Å². The van der Waals surface area contributed by atoms with Crippen molar-refractivity contribution in [2.75, 3.05) is 32.8 Å². The van der Waals surface area contributed by atoms with E-state index in [4.69, 9.17) is 4.74 Å². The molecule has 2 aliphatic heterocycles. The number of nitrogens with zero attached hydrogens (tertiary/aromatic N) is 3. The van der Waals surface area contributed by atoms with Gasteiger partial charge >= 0.3 is 0 Å². The van der Waals surface area contributed by atoms with Crippen LogP contribution in [0.1, 0.15) is 54.4 Å². The second-order valence-corrected chi connectivity index (χ2v) is 8.13. The van der Waals surface area contributed by atoms with E-state index in [1.807, 2.05) is 25.7 Å².